The number of carbonyl (C=O) groups is 1. The monoisotopic (exact) mass is 337 g/mol. The molecular formula is C22H29N2O+. The number of nitrogens with two attached hydrogens (primary N) is 1. The van der Waals surface area contributed by atoms with Gasteiger partial charge >= 0.3 is 0 Å². The molecule has 1 fully saturated rings. The lowest BCUT2D eigenvalue weighted by Gasteiger charge is -2.20. The van der Waals surface area contributed by atoms with E-state index in [-0.39, 0.29) is 11.9 Å². The second-order valence-corrected chi connectivity index (χ2v) is 7.01. The predicted molar refractivity (Wildman–Crippen MR) is 101 cm³/mol. The Kier molecular flexibility index (Phi) is 6.63. The van der Waals surface area contributed by atoms with Crippen LogP contribution >= 0.6 is 0 Å². The molecule has 0 radical (unpaired) electrons. The van der Waals surface area contributed by atoms with Crippen molar-refractivity contribution in [1.29, 1.82) is 0 Å². The Hall–Kier alpha value is -2.13. The smallest absolute Gasteiger partial charge is 0.275 e. The summed E-state index contributed by atoms with van der Waals surface area (Å²) in [6.07, 6.45) is 7.79. The van der Waals surface area contributed by atoms with Crippen molar-refractivity contribution in [2.45, 2.75) is 50.6 Å². The normalized spacial score (nSPS) is 15.7. The minimum Gasteiger partial charge on any atom is -0.340 e. The Labute approximate surface area is 150 Å². The highest BCUT2D eigenvalue weighted by molar-refractivity contribution is 5.77. The molecule has 0 bridgehead atoms. The van der Waals surface area contributed by atoms with E-state index in [1.165, 1.54) is 38.5 Å². The number of nitrogens with one attached hydrogen (secondary N) is 1. The molecule has 1 aliphatic rings. The van der Waals surface area contributed by atoms with E-state index in [9.17, 15) is 4.79 Å². The van der Waals surface area contributed by atoms with Gasteiger partial charge in [0.1, 0.15) is 0 Å². The van der Waals surface area contributed by atoms with Gasteiger partial charge in [0.05, 0.1) is 12.1 Å². The first-order chi connectivity index (χ1) is 12.3. The van der Waals surface area contributed by atoms with E-state index in [1.807, 2.05) is 36.4 Å². The van der Waals surface area contributed by atoms with Crippen molar-refractivity contribution in [2.75, 3.05) is 6.54 Å². The number of amides is 1. The van der Waals surface area contributed by atoms with E-state index in [4.69, 9.17) is 0 Å². The molecule has 3 N–H and O–H groups in total. The number of hydrogen-bond donors (Lipinski definition) is 2. The van der Waals surface area contributed by atoms with Crippen molar-refractivity contribution in [3.8, 4) is 0 Å². The SMILES string of the molecule is O=C(C[NH2+]C1CCCCCC1)NC(c1ccccc1)c1ccccc1. The maximum Gasteiger partial charge on any atom is 0.275 e. The maximum atomic E-state index is 12.6. The Morgan fingerprint density at radius 2 is 1.40 bits per heavy atom. The number of rotatable bonds is 6. The zero-order valence-corrected chi connectivity index (χ0v) is 14.9. The summed E-state index contributed by atoms with van der Waals surface area (Å²) in [7, 11) is 0. The molecule has 132 valence electrons. The second kappa shape index (κ2) is 9.38. The van der Waals surface area contributed by atoms with Crippen molar-refractivity contribution >= 4 is 5.91 Å². The first-order valence-electron chi connectivity index (χ1n) is 9.55. The van der Waals surface area contributed by atoms with Crippen LogP contribution in [0.4, 0.5) is 0 Å². The van der Waals surface area contributed by atoms with Crippen molar-refractivity contribution in [3.05, 3.63) is 71.8 Å². The van der Waals surface area contributed by atoms with Gasteiger partial charge in [-0.15, -0.1) is 0 Å². The van der Waals surface area contributed by atoms with Gasteiger partial charge < -0.3 is 10.6 Å². The molecule has 3 heteroatoms. The Morgan fingerprint density at radius 3 is 1.92 bits per heavy atom. The topological polar surface area (TPSA) is 45.7 Å². The summed E-state index contributed by atoms with van der Waals surface area (Å²) >= 11 is 0. The van der Waals surface area contributed by atoms with Crippen molar-refractivity contribution in [2.24, 2.45) is 0 Å². The molecule has 0 spiro atoms. The van der Waals surface area contributed by atoms with Crippen LogP contribution in [-0.4, -0.2) is 18.5 Å². The minimum absolute atomic E-state index is 0.0857. The molecule has 0 aliphatic heterocycles. The molecular weight excluding hydrogens is 308 g/mol. The summed E-state index contributed by atoms with van der Waals surface area (Å²) in [5, 5.41) is 5.48. The third kappa shape index (κ3) is 5.43. The molecule has 3 nitrogen and oxygen atoms in total. The van der Waals surface area contributed by atoms with Gasteiger partial charge in [-0.3, -0.25) is 4.79 Å². The number of carbonyl (C=O) groups excluding carboxylic acids is 1. The van der Waals surface area contributed by atoms with E-state index in [2.05, 4.69) is 34.9 Å². The summed E-state index contributed by atoms with van der Waals surface area (Å²) in [6.45, 7) is 0.515. The largest absolute Gasteiger partial charge is 0.340 e. The van der Waals surface area contributed by atoms with E-state index in [1.54, 1.807) is 0 Å². The Bertz CT molecular complexity index is 594. The van der Waals surface area contributed by atoms with Crippen molar-refractivity contribution < 1.29 is 10.1 Å². The van der Waals surface area contributed by atoms with Gasteiger partial charge in [-0.05, 0) is 36.8 Å². The van der Waals surface area contributed by atoms with Crippen LogP contribution in [0.2, 0.25) is 0 Å². The molecule has 1 saturated carbocycles. The molecule has 0 unspecified atom stereocenters. The summed E-state index contributed by atoms with van der Waals surface area (Å²) in [5.74, 6) is 0.113. The molecule has 2 aromatic carbocycles. The van der Waals surface area contributed by atoms with Crippen LogP contribution < -0.4 is 10.6 Å². The molecule has 1 amide bonds. The van der Waals surface area contributed by atoms with Gasteiger partial charge in [0.15, 0.2) is 6.54 Å². The highest BCUT2D eigenvalue weighted by Crippen LogP contribution is 2.21. The molecule has 0 aromatic heterocycles. The second-order valence-electron chi connectivity index (χ2n) is 7.01. The van der Waals surface area contributed by atoms with Gasteiger partial charge in [0.25, 0.3) is 5.91 Å². The van der Waals surface area contributed by atoms with Crippen LogP contribution in [0.3, 0.4) is 0 Å². The number of quaternary nitrogens is 1. The van der Waals surface area contributed by atoms with Gasteiger partial charge in [-0.1, -0.05) is 73.5 Å². The summed E-state index contributed by atoms with van der Waals surface area (Å²) in [6, 6.07) is 20.9. The first-order valence-corrected chi connectivity index (χ1v) is 9.55. The van der Waals surface area contributed by atoms with Crippen molar-refractivity contribution in [3.63, 3.8) is 0 Å². The fraction of sp³-hybridized carbons (Fsp3) is 0.409. The highest BCUT2D eigenvalue weighted by atomic mass is 16.2. The van der Waals surface area contributed by atoms with E-state index in [0.717, 1.165) is 11.1 Å². The standard InChI is InChI=1S/C22H28N2O/c25-21(17-23-20-15-9-1-2-10-16-20)24-22(18-11-5-3-6-12-18)19-13-7-4-8-14-19/h3-8,11-14,20,22-23H,1-2,9-10,15-17H2,(H,24,25)/p+1. The fourth-order valence-electron chi connectivity index (χ4n) is 3.69. The fourth-order valence-corrected chi connectivity index (χ4v) is 3.69. The molecule has 0 saturated heterocycles. The van der Waals surface area contributed by atoms with E-state index in [0.29, 0.717) is 12.6 Å². The third-order valence-corrected chi connectivity index (χ3v) is 5.11. The average Bonchev–Trinajstić information content (AvgIpc) is 2.95. The zero-order valence-electron chi connectivity index (χ0n) is 14.9. The lowest BCUT2D eigenvalue weighted by molar-refractivity contribution is -0.680. The highest BCUT2D eigenvalue weighted by Gasteiger charge is 2.20. The van der Waals surface area contributed by atoms with Gasteiger partial charge in [-0.25, -0.2) is 0 Å². The summed E-state index contributed by atoms with van der Waals surface area (Å²) in [4.78, 5) is 12.6. The molecule has 1 aliphatic carbocycles. The summed E-state index contributed by atoms with van der Waals surface area (Å²) in [5.41, 5.74) is 2.24. The van der Waals surface area contributed by atoms with E-state index < -0.39 is 0 Å². The molecule has 25 heavy (non-hydrogen) atoms. The predicted octanol–water partition coefficient (Wildman–Crippen LogP) is 3.18. The van der Waals surface area contributed by atoms with Crippen LogP contribution in [0, 0.1) is 0 Å². The van der Waals surface area contributed by atoms with E-state index >= 15 is 0 Å². The van der Waals surface area contributed by atoms with Crippen LogP contribution in [0.25, 0.3) is 0 Å². The van der Waals surface area contributed by atoms with Crippen LogP contribution in [0.5, 0.6) is 0 Å². The minimum atomic E-state index is -0.0857. The molecule has 0 atom stereocenters. The Balaban J connectivity index is 1.62. The average molecular weight is 337 g/mol. The van der Waals surface area contributed by atoms with Crippen LogP contribution in [0.15, 0.2) is 60.7 Å². The van der Waals surface area contributed by atoms with Gasteiger partial charge in [0.2, 0.25) is 0 Å². The van der Waals surface area contributed by atoms with Gasteiger partial charge in [0, 0.05) is 0 Å². The van der Waals surface area contributed by atoms with Gasteiger partial charge in [-0.2, -0.15) is 0 Å². The molecule has 2 aromatic rings. The lowest BCUT2D eigenvalue weighted by atomic mass is 9.99. The maximum absolute atomic E-state index is 12.6. The third-order valence-electron chi connectivity index (χ3n) is 5.11. The lowest BCUT2D eigenvalue weighted by Crippen LogP contribution is -2.91. The molecule has 3 rings (SSSR count). The molecule has 0 heterocycles. The van der Waals surface area contributed by atoms with Crippen LogP contribution in [0.1, 0.15) is 55.7 Å². The zero-order chi connectivity index (χ0) is 17.3. The number of hydrogen-bond acceptors (Lipinski definition) is 1. The van der Waals surface area contributed by atoms with Crippen molar-refractivity contribution in [1.82, 2.24) is 5.32 Å². The first kappa shape index (κ1) is 17.7. The number of benzene rings is 2. The Morgan fingerprint density at radius 1 is 0.880 bits per heavy atom. The van der Waals surface area contributed by atoms with Crippen LogP contribution in [-0.2, 0) is 4.79 Å². The quantitative estimate of drug-likeness (QED) is 0.782. The summed E-state index contributed by atoms with van der Waals surface area (Å²) < 4.78 is 0.